The van der Waals surface area contributed by atoms with Crippen LogP contribution in [0.2, 0.25) is 0 Å². The van der Waals surface area contributed by atoms with E-state index in [4.69, 9.17) is 4.42 Å². The van der Waals surface area contributed by atoms with Gasteiger partial charge in [-0.15, -0.1) is 11.3 Å². The number of hydrogen-bond acceptors (Lipinski definition) is 6. The van der Waals surface area contributed by atoms with E-state index in [0.29, 0.717) is 32.9 Å². The third kappa shape index (κ3) is 5.46. The molecule has 0 aliphatic heterocycles. The van der Waals surface area contributed by atoms with Gasteiger partial charge in [-0.3, -0.25) is 19.0 Å². The number of nitrogens with one attached hydrogen (secondary N) is 2. The molecule has 2 N–H and O–H groups in total. The fraction of sp³-hybridized carbons (Fsp3) is 0.172. The predicted octanol–water partition coefficient (Wildman–Crippen LogP) is 3.92. The first-order chi connectivity index (χ1) is 18.8. The van der Waals surface area contributed by atoms with Crippen LogP contribution in [0.3, 0.4) is 0 Å². The van der Waals surface area contributed by atoms with Crippen LogP contribution >= 0.6 is 11.3 Å². The van der Waals surface area contributed by atoms with Gasteiger partial charge in [0.1, 0.15) is 17.0 Å². The number of hydrogen-bond donors (Lipinski definition) is 2. The van der Waals surface area contributed by atoms with Gasteiger partial charge in [-0.05, 0) is 66.2 Å². The number of para-hydroxylation sites is 1. The molecular formula is C29H26N4O5S. The Morgan fingerprint density at radius 1 is 0.923 bits per heavy atom. The van der Waals surface area contributed by atoms with Crippen LogP contribution in [-0.4, -0.2) is 20.9 Å². The van der Waals surface area contributed by atoms with E-state index in [9.17, 15) is 19.2 Å². The molecule has 39 heavy (non-hydrogen) atoms. The van der Waals surface area contributed by atoms with Crippen molar-refractivity contribution in [2.24, 2.45) is 0 Å². The monoisotopic (exact) mass is 542 g/mol. The molecule has 0 radical (unpaired) electrons. The summed E-state index contributed by atoms with van der Waals surface area (Å²) < 4.78 is 7.96. The van der Waals surface area contributed by atoms with Crippen LogP contribution in [-0.2, 0) is 29.1 Å². The first-order valence-electron chi connectivity index (χ1n) is 12.3. The first kappa shape index (κ1) is 25.9. The second-order valence-corrected chi connectivity index (χ2v) is 10.1. The minimum atomic E-state index is -0.619. The fourth-order valence-electron chi connectivity index (χ4n) is 4.41. The molecule has 2 amide bonds. The minimum Gasteiger partial charge on any atom is -0.467 e. The Balaban J connectivity index is 1.40. The van der Waals surface area contributed by atoms with Crippen molar-refractivity contribution in [3.05, 3.63) is 116 Å². The largest absolute Gasteiger partial charge is 0.467 e. The number of anilines is 1. The topological polar surface area (TPSA) is 115 Å². The van der Waals surface area contributed by atoms with E-state index in [-0.39, 0.29) is 31.3 Å². The van der Waals surface area contributed by atoms with E-state index >= 15 is 0 Å². The smallest absolute Gasteiger partial charge is 0.336 e. The molecule has 5 aromatic rings. The predicted molar refractivity (Wildman–Crippen MR) is 150 cm³/mol. The van der Waals surface area contributed by atoms with Crippen molar-refractivity contribution in [1.29, 1.82) is 0 Å². The molecule has 2 aromatic carbocycles. The molecule has 0 aliphatic carbocycles. The Bertz CT molecular complexity index is 1760. The Kier molecular flexibility index (Phi) is 7.29. The van der Waals surface area contributed by atoms with Crippen LogP contribution in [0, 0.1) is 13.8 Å². The third-order valence-electron chi connectivity index (χ3n) is 6.40. The molecule has 0 saturated heterocycles. The Morgan fingerprint density at radius 2 is 1.67 bits per heavy atom. The maximum Gasteiger partial charge on any atom is 0.336 e. The Labute approximate surface area is 227 Å². The van der Waals surface area contributed by atoms with Gasteiger partial charge in [0.15, 0.2) is 0 Å². The van der Waals surface area contributed by atoms with Gasteiger partial charge in [0.25, 0.3) is 5.56 Å². The minimum absolute atomic E-state index is 0.128. The SMILES string of the molecule is Cc1cccc(C)c1NC(=O)Cn1c(=O)n(-c2ccc(CC(=O)NCc3ccco3)cc2)c(=O)c2sccc21. The number of furan rings is 1. The van der Waals surface area contributed by atoms with E-state index in [1.807, 2.05) is 32.0 Å². The number of rotatable bonds is 8. The van der Waals surface area contributed by atoms with Gasteiger partial charge < -0.3 is 15.1 Å². The molecule has 0 saturated carbocycles. The molecule has 0 spiro atoms. The van der Waals surface area contributed by atoms with Crippen molar-refractivity contribution < 1.29 is 14.0 Å². The number of carbonyl (C=O) groups excluding carboxylic acids is 2. The summed E-state index contributed by atoms with van der Waals surface area (Å²) in [6, 6.07) is 17.6. The van der Waals surface area contributed by atoms with E-state index in [0.717, 1.165) is 15.7 Å². The summed E-state index contributed by atoms with van der Waals surface area (Å²) in [4.78, 5) is 52.2. The zero-order valence-corrected chi connectivity index (χ0v) is 22.2. The maximum absolute atomic E-state index is 13.6. The highest BCUT2D eigenvalue weighted by Gasteiger charge is 2.18. The number of thiophene rings is 1. The second-order valence-electron chi connectivity index (χ2n) is 9.16. The standard InChI is InChI=1S/C29H26N4O5S/c1-18-5-3-6-19(2)26(18)31-25(35)17-32-23-12-14-39-27(23)28(36)33(29(32)37)21-10-8-20(9-11-21)15-24(34)30-16-22-7-4-13-38-22/h3-14H,15-17H2,1-2H3,(H,30,34)(H,31,35). The van der Waals surface area contributed by atoms with E-state index in [1.54, 1.807) is 54.1 Å². The lowest BCUT2D eigenvalue weighted by Crippen LogP contribution is -2.40. The average Bonchev–Trinajstić information content (AvgIpc) is 3.61. The zero-order chi connectivity index (χ0) is 27.5. The Morgan fingerprint density at radius 3 is 2.36 bits per heavy atom. The highest BCUT2D eigenvalue weighted by molar-refractivity contribution is 7.17. The fourth-order valence-corrected chi connectivity index (χ4v) is 5.24. The van der Waals surface area contributed by atoms with Crippen molar-refractivity contribution in [2.45, 2.75) is 33.4 Å². The summed E-state index contributed by atoms with van der Waals surface area (Å²) >= 11 is 1.21. The van der Waals surface area contributed by atoms with Crippen molar-refractivity contribution >= 4 is 39.1 Å². The van der Waals surface area contributed by atoms with Crippen molar-refractivity contribution in [1.82, 2.24) is 14.5 Å². The number of aryl methyl sites for hydroxylation is 2. The van der Waals surface area contributed by atoms with Crippen LogP contribution in [0.5, 0.6) is 0 Å². The third-order valence-corrected chi connectivity index (χ3v) is 7.29. The Hall–Kier alpha value is -4.70. The number of amides is 2. The molecule has 0 atom stereocenters. The van der Waals surface area contributed by atoms with Gasteiger partial charge in [-0.1, -0.05) is 30.3 Å². The number of benzene rings is 2. The summed E-state index contributed by atoms with van der Waals surface area (Å²) in [6.45, 7) is 3.83. The molecule has 0 aliphatic rings. The van der Waals surface area contributed by atoms with Gasteiger partial charge in [-0.25, -0.2) is 9.36 Å². The van der Waals surface area contributed by atoms with E-state index in [2.05, 4.69) is 10.6 Å². The molecule has 0 unspecified atom stereocenters. The van der Waals surface area contributed by atoms with Crippen LogP contribution in [0.15, 0.2) is 86.3 Å². The zero-order valence-electron chi connectivity index (χ0n) is 21.4. The molecule has 0 fully saturated rings. The average molecular weight is 543 g/mol. The van der Waals surface area contributed by atoms with E-state index < -0.39 is 11.2 Å². The highest BCUT2D eigenvalue weighted by Crippen LogP contribution is 2.20. The quantitative estimate of drug-likeness (QED) is 0.308. The number of aromatic nitrogens is 2. The van der Waals surface area contributed by atoms with Crippen LogP contribution in [0.4, 0.5) is 5.69 Å². The first-order valence-corrected chi connectivity index (χ1v) is 13.2. The highest BCUT2D eigenvalue weighted by atomic mass is 32.1. The summed E-state index contributed by atoms with van der Waals surface area (Å²) in [5.41, 5.74) is 2.93. The maximum atomic E-state index is 13.6. The van der Waals surface area contributed by atoms with Crippen LogP contribution < -0.4 is 21.9 Å². The molecule has 0 bridgehead atoms. The molecule has 9 nitrogen and oxygen atoms in total. The van der Waals surface area contributed by atoms with Gasteiger partial charge in [0, 0.05) is 5.69 Å². The van der Waals surface area contributed by atoms with Gasteiger partial charge in [-0.2, -0.15) is 0 Å². The normalized spacial score (nSPS) is 11.0. The summed E-state index contributed by atoms with van der Waals surface area (Å²) in [5.74, 6) is 0.0951. The second kappa shape index (κ2) is 11.0. The van der Waals surface area contributed by atoms with Crippen molar-refractivity contribution in [2.75, 3.05) is 5.32 Å². The van der Waals surface area contributed by atoms with Crippen LogP contribution in [0.25, 0.3) is 15.9 Å². The molecule has 5 rings (SSSR count). The van der Waals surface area contributed by atoms with Crippen LogP contribution in [0.1, 0.15) is 22.5 Å². The molecule has 10 heteroatoms. The molecule has 3 heterocycles. The summed E-state index contributed by atoms with van der Waals surface area (Å²) in [6.07, 6.45) is 1.67. The van der Waals surface area contributed by atoms with E-state index in [1.165, 1.54) is 15.9 Å². The number of fused-ring (bicyclic) bond motifs is 1. The number of nitrogens with zero attached hydrogens (tertiary/aromatic N) is 2. The number of carbonyl (C=O) groups is 2. The molecular weight excluding hydrogens is 516 g/mol. The van der Waals surface area contributed by atoms with Crippen molar-refractivity contribution in [3.8, 4) is 5.69 Å². The van der Waals surface area contributed by atoms with Gasteiger partial charge in [0.05, 0.1) is 30.4 Å². The molecule has 198 valence electrons. The van der Waals surface area contributed by atoms with Crippen molar-refractivity contribution in [3.63, 3.8) is 0 Å². The lowest BCUT2D eigenvalue weighted by atomic mass is 10.1. The lowest BCUT2D eigenvalue weighted by Gasteiger charge is -2.14. The van der Waals surface area contributed by atoms with Gasteiger partial charge >= 0.3 is 5.69 Å². The van der Waals surface area contributed by atoms with Gasteiger partial charge in [0.2, 0.25) is 11.8 Å². The summed E-state index contributed by atoms with van der Waals surface area (Å²) in [7, 11) is 0. The lowest BCUT2D eigenvalue weighted by molar-refractivity contribution is -0.120. The molecule has 3 aromatic heterocycles. The summed E-state index contributed by atoms with van der Waals surface area (Å²) in [5, 5.41) is 7.41.